The summed E-state index contributed by atoms with van der Waals surface area (Å²) >= 11 is 0. The van der Waals surface area contributed by atoms with Crippen LogP contribution in [0.2, 0.25) is 0 Å². The highest BCUT2D eigenvalue weighted by molar-refractivity contribution is 4.96. The molecule has 4 heteroatoms. The number of H-pyrrole nitrogens is 1. The summed E-state index contributed by atoms with van der Waals surface area (Å²) in [6, 6.07) is 0. The summed E-state index contributed by atoms with van der Waals surface area (Å²) in [5.74, 6) is 0.726. The van der Waals surface area contributed by atoms with Gasteiger partial charge >= 0.3 is 5.76 Å². The van der Waals surface area contributed by atoms with E-state index in [2.05, 4.69) is 14.7 Å². The molecule has 4 nitrogen and oxygen atoms in total. The third-order valence-electron chi connectivity index (χ3n) is 1.95. The molecule has 1 aliphatic carbocycles. The summed E-state index contributed by atoms with van der Waals surface area (Å²) in [6.07, 6.45) is 3.49. The fourth-order valence-corrected chi connectivity index (χ4v) is 1.10. The summed E-state index contributed by atoms with van der Waals surface area (Å²) in [4.78, 5) is 13.0. The molecule has 1 fully saturated rings. The molecular weight excluding hydrogens is 132 g/mol. The minimum atomic E-state index is -0.443. The topological polar surface area (TPSA) is 58.9 Å². The molecule has 0 amide bonds. The largest absolute Gasteiger partial charge is 0.438 e. The van der Waals surface area contributed by atoms with E-state index >= 15 is 0 Å². The van der Waals surface area contributed by atoms with Crippen LogP contribution >= 0.6 is 0 Å². The van der Waals surface area contributed by atoms with Gasteiger partial charge in [0.15, 0.2) is 5.82 Å². The molecule has 0 aromatic carbocycles. The van der Waals surface area contributed by atoms with E-state index in [0.717, 1.165) is 18.7 Å². The molecule has 0 radical (unpaired) electrons. The van der Waals surface area contributed by atoms with E-state index in [9.17, 15) is 4.79 Å². The first kappa shape index (κ1) is 5.70. The molecule has 10 heavy (non-hydrogen) atoms. The molecule has 1 N–H and O–H groups in total. The van der Waals surface area contributed by atoms with Crippen LogP contribution in [0.5, 0.6) is 0 Å². The lowest BCUT2D eigenvalue weighted by Crippen LogP contribution is -2.11. The Kier molecular flexibility index (Phi) is 1.12. The average Bonchev–Trinajstić information content (AvgIpc) is 2.10. The van der Waals surface area contributed by atoms with Crippen molar-refractivity contribution in [3.8, 4) is 0 Å². The van der Waals surface area contributed by atoms with Crippen LogP contribution in [-0.4, -0.2) is 10.1 Å². The van der Waals surface area contributed by atoms with Crippen molar-refractivity contribution in [1.29, 1.82) is 0 Å². The molecule has 0 unspecified atom stereocenters. The van der Waals surface area contributed by atoms with Crippen LogP contribution in [0.3, 0.4) is 0 Å². The van der Waals surface area contributed by atoms with Crippen LogP contribution in [0.4, 0.5) is 0 Å². The Morgan fingerprint density at radius 1 is 1.60 bits per heavy atom. The van der Waals surface area contributed by atoms with E-state index in [1.165, 1.54) is 6.42 Å². The standard InChI is InChI=1S/C6H8N2O2/c9-6-7-5(8-10-6)4-2-1-3-4/h4H,1-3H2,(H,7,8,9). The zero-order valence-corrected chi connectivity index (χ0v) is 5.46. The normalized spacial score (nSPS) is 18.8. The first-order valence-electron chi connectivity index (χ1n) is 3.42. The third-order valence-corrected chi connectivity index (χ3v) is 1.95. The van der Waals surface area contributed by atoms with Crippen molar-refractivity contribution in [2.45, 2.75) is 25.2 Å². The zero-order chi connectivity index (χ0) is 6.97. The van der Waals surface area contributed by atoms with Crippen LogP contribution in [0.1, 0.15) is 31.0 Å². The quantitative estimate of drug-likeness (QED) is 0.622. The third kappa shape index (κ3) is 0.761. The minimum Gasteiger partial charge on any atom is -0.296 e. The summed E-state index contributed by atoms with van der Waals surface area (Å²) in [5, 5.41) is 3.59. The van der Waals surface area contributed by atoms with E-state index in [1.54, 1.807) is 0 Å². The van der Waals surface area contributed by atoms with Crippen molar-refractivity contribution >= 4 is 0 Å². The molecule has 1 saturated carbocycles. The number of nitrogens with one attached hydrogen (secondary N) is 1. The molecule has 0 saturated heterocycles. The summed E-state index contributed by atoms with van der Waals surface area (Å²) in [6.45, 7) is 0. The van der Waals surface area contributed by atoms with Crippen molar-refractivity contribution in [3.05, 3.63) is 16.4 Å². The second kappa shape index (κ2) is 1.97. The zero-order valence-electron chi connectivity index (χ0n) is 5.46. The minimum absolute atomic E-state index is 0.443. The molecule has 0 atom stereocenters. The number of rotatable bonds is 1. The van der Waals surface area contributed by atoms with E-state index in [1.807, 2.05) is 0 Å². The Bertz CT molecular complexity index is 271. The Balaban J connectivity index is 2.25. The molecule has 54 valence electrons. The van der Waals surface area contributed by atoms with Crippen LogP contribution < -0.4 is 5.76 Å². The molecular formula is C6H8N2O2. The van der Waals surface area contributed by atoms with Gasteiger partial charge in [-0.15, -0.1) is 0 Å². The molecule has 2 rings (SSSR count). The summed E-state index contributed by atoms with van der Waals surface area (Å²) in [5.41, 5.74) is 0. The lowest BCUT2D eigenvalue weighted by atomic mass is 9.85. The molecule has 1 aromatic heterocycles. The monoisotopic (exact) mass is 140 g/mol. The van der Waals surface area contributed by atoms with Crippen LogP contribution in [0.15, 0.2) is 9.32 Å². The molecule has 0 spiro atoms. The van der Waals surface area contributed by atoms with E-state index in [4.69, 9.17) is 0 Å². The van der Waals surface area contributed by atoms with Crippen molar-refractivity contribution in [1.82, 2.24) is 10.1 Å². The second-order valence-electron chi connectivity index (χ2n) is 2.61. The number of aromatic nitrogens is 2. The number of hydrogen-bond acceptors (Lipinski definition) is 3. The van der Waals surface area contributed by atoms with Gasteiger partial charge in [-0.2, -0.15) is 0 Å². The Morgan fingerprint density at radius 2 is 2.40 bits per heavy atom. The fraction of sp³-hybridized carbons (Fsp3) is 0.667. The predicted molar refractivity (Wildman–Crippen MR) is 33.7 cm³/mol. The van der Waals surface area contributed by atoms with Gasteiger partial charge in [0.05, 0.1) is 0 Å². The number of aromatic amines is 1. The lowest BCUT2D eigenvalue weighted by Gasteiger charge is -2.21. The van der Waals surface area contributed by atoms with Gasteiger partial charge in [0.1, 0.15) is 0 Å². The van der Waals surface area contributed by atoms with Gasteiger partial charge < -0.3 is 0 Å². The molecule has 0 aliphatic heterocycles. The molecule has 1 aromatic rings. The summed E-state index contributed by atoms with van der Waals surface area (Å²) < 4.78 is 4.36. The Hall–Kier alpha value is -1.06. The smallest absolute Gasteiger partial charge is 0.296 e. The van der Waals surface area contributed by atoms with Gasteiger partial charge in [-0.3, -0.25) is 9.51 Å². The maximum Gasteiger partial charge on any atom is 0.438 e. The SMILES string of the molecule is O=c1[nH]c(C2CCC2)no1. The second-order valence-corrected chi connectivity index (χ2v) is 2.61. The lowest BCUT2D eigenvalue weighted by molar-refractivity contribution is 0.350. The number of hydrogen-bond donors (Lipinski definition) is 1. The molecule has 0 bridgehead atoms. The van der Waals surface area contributed by atoms with Crippen molar-refractivity contribution in [2.24, 2.45) is 0 Å². The van der Waals surface area contributed by atoms with Crippen molar-refractivity contribution < 1.29 is 4.52 Å². The Morgan fingerprint density at radius 3 is 2.80 bits per heavy atom. The predicted octanol–water partition coefficient (Wildman–Crippen LogP) is 0.630. The summed E-state index contributed by atoms with van der Waals surface area (Å²) in [7, 11) is 0. The first-order chi connectivity index (χ1) is 4.86. The van der Waals surface area contributed by atoms with E-state index in [-0.39, 0.29) is 0 Å². The molecule has 1 aliphatic rings. The Labute approximate surface area is 57.2 Å². The van der Waals surface area contributed by atoms with E-state index < -0.39 is 5.76 Å². The van der Waals surface area contributed by atoms with Gasteiger partial charge in [0.2, 0.25) is 0 Å². The van der Waals surface area contributed by atoms with Crippen LogP contribution in [0, 0.1) is 0 Å². The van der Waals surface area contributed by atoms with Gasteiger partial charge in [-0.05, 0) is 12.8 Å². The van der Waals surface area contributed by atoms with Gasteiger partial charge in [-0.1, -0.05) is 11.6 Å². The maximum atomic E-state index is 10.5. The first-order valence-corrected chi connectivity index (χ1v) is 3.42. The highest BCUT2D eigenvalue weighted by Crippen LogP contribution is 2.33. The average molecular weight is 140 g/mol. The van der Waals surface area contributed by atoms with Crippen molar-refractivity contribution in [2.75, 3.05) is 0 Å². The van der Waals surface area contributed by atoms with Gasteiger partial charge in [0.25, 0.3) is 0 Å². The number of nitrogens with zero attached hydrogens (tertiary/aromatic N) is 1. The van der Waals surface area contributed by atoms with Crippen molar-refractivity contribution in [3.63, 3.8) is 0 Å². The highest BCUT2D eigenvalue weighted by atomic mass is 16.5. The van der Waals surface area contributed by atoms with Gasteiger partial charge in [0, 0.05) is 5.92 Å². The van der Waals surface area contributed by atoms with Crippen LogP contribution in [-0.2, 0) is 0 Å². The molecule has 1 heterocycles. The highest BCUT2D eigenvalue weighted by Gasteiger charge is 2.22. The van der Waals surface area contributed by atoms with Crippen LogP contribution in [0.25, 0.3) is 0 Å². The van der Waals surface area contributed by atoms with Gasteiger partial charge in [-0.25, -0.2) is 4.79 Å². The maximum absolute atomic E-state index is 10.5. The fourth-order valence-electron chi connectivity index (χ4n) is 1.10. The van der Waals surface area contributed by atoms with E-state index in [0.29, 0.717) is 5.92 Å².